The molecule has 0 heterocycles. The SMILES string of the molecule is CCCCCCC1C2CC3CCC1(C2)C3C. The van der Waals surface area contributed by atoms with Crippen molar-refractivity contribution >= 4 is 0 Å². The van der Waals surface area contributed by atoms with Crippen LogP contribution in [0.5, 0.6) is 0 Å². The number of hydrogen-bond donors (Lipinski definition) is 0. The summed E-state index contributed by atoms with van der Waals surface area (Å²) in [5.41, 5.74) is 0.861. The van der Waals surface area contributed by atoms with E-state index in [9.17, 15) is 0 Å². The van der Waals surface area contributed by atoms with E-state index in [2.05, 4.69) is 13.8 Å². The zero-order valence-corrected chi connectivity index (χ0v) is 11.2. The average Bonchev–Trinajstić information content (AvgIpc) is 2.47. The quantitative estimate of drug-likeness (QED) is 0.570. The molecule has 0 aromatic carbocycles. The van der Waals surface area contributed by atoms with Crippen LogP contribution in [0.25, 0.3) is 0 Å². The van der Waals surface area contributed by atoms with E-state index >= 15 is 0 Å². The van der Waals surface area contributed by atoms with Crippen molar-refractivity contribution in [1.29, 1.82) is 0 Å². The molecule has 5 unspecified atom stereocenters. The Hall–Kier alpha value is 0. The van der Waals surface area contributed by atoms with Gasteiger partial charge in [0.05, 0.1) is 0 Å². The zero-order chi connectivity index (χ0) is 11.2. The summed E-state index contributed by atoms with van der Waals surface area (Å²) in [7, 11) is 0. The van der Waals surface area contributed by atoms with Crippen LogP contribution in [-0.2, 0) is 0 Å². The molecule has 0 aromatic rings. The third-order valence-corrected chi connectivity index (χ3v) is 6.52. The van der Waals surface area contributed by atoms with E-state index in [1.54, 1.807) is 32.1 Å². The lowest BCUT2D eigenvalue weighted by Gasteiger charge is -2.61. The molecular weight excluding hydrogens is 192 g/mol. The Morgan fingerprint density at radius 3 is 2.81 bits per heavy atom. The third-order valence-electron chi connectivity index (χ3n) is 6.52. The van der Waals surface area contributed by atoms with Crippen LogP contribution in [-0.4, -0.2) is 0 Å². The molecule has 4 fully saturated rings. The van der Waals surface area contributed by atoms with Gasteiger partial charge in [0.1, 0.15) is 0 Å². The highest BCUT2D eigenvalue weighted by atomic mass is 14.7. The summed E-state index contributed by atoms with van der Waals surface area (Å²) in [6.07, 6.45) is 13.8. The van der Waals surface area contributed by atoms with Crippen LogP contribution in [0.15, 0.2) is 0 Å². The lowest BCUT2D eigenvalue weighted by Crippen LogP contribution is -2.54. The van der Waals surface area contributed by atoms with Crippen LogP contribution in [0.1, 0.15) is 71.6 Å². The molecule has 5 atom stereocenters. The predicted octanol–water partition coefficient (Wildman–Crippen LogP) is 5.03. The summed E-state index contributed by atoms with van der Waals surface area (Å²) >= 11 is 0. The molecule has 0 heteroatoms. The molecule has 0 aliphatic heterocycles. The van der Waals surface area contributed by atoms with Crippen molar-refractivity contribution in [3.63, 3.8) is 0 Å². The van der Waals surface area contributed by atoms with Crippen molar-refractivity contribution in [3.05, 3.63) is 0 Å². The van der Waals surface area contributed by atoms with E-state index in [0.29, 0.717) is 0 Å². The third kappa shape index (κ3) is 1.41. The summed E-state index contributed by atoms with van der Waals surface area (Å²) in [4.78, 5) is 0. The van der Waals surface area contributed by atoms with Crippen LogP contribution < -0.4 is 0 Å². The monoisotopic (exact) mass is 220 g/mol. The van der Waals surface area contributed by atoms with Gasteiger partial charge in [-0.1, -0.05) is 39.5 Å². The van der Waals surface area contributed by atoms with E-state index < -0.39 is 0 Å². The summed E-state index contributed by atoms with van der Waals surface area (Å²) < 4.78 is 0. The van der Waals surface area contributed by atoms with Crippen molar-refractivity contribution < 1.29 is 0 Å². The van der Waals surface area contributed by atoms with E-state index in [1.165, 1.54) is 25.7 Å². The smallest absolute Gasteiger partial charge is 0.0235 e. The molecule has 0 amide bonds. The highest BCUT2D eigenvalue weighted by molar-refractivity contribution is 5.13. The molecular formula is C16H28. The minimum atomic E-state index is 0.861. The molecule has 16 heavy (non-hydrogen) atoms. The maximum absolute atomic E-state index is 2.58. The number of hydrogen-bond acceptors (Lipinski definition) is 0. The second kappa shape index (κ2) is 4.03. The average molecular weight is 220 g/mol. The largest absolute Gasteiger partial charge is 0.0654 e. The van der Waals surface area contributed by atoms with Gasteiger partial charge in [-0.25, -0.2) is 0 Å². The Labute approximate surface area is 101 Å². The number of unbranched alkanes of at least 4 members (excludes halogenated alkanes) is 3. The molecule has 92 valence electrons. The Morgan fingerprint density at radius 1 is 1.12 bits per heavy atom. The highest BCUT2D eigenvalue weighted by Crippen LogP contribution is 2.72. The highest BCUT2D eigenvalue weighted by Gasteiger charge is 2.64. The van der Waals surface area contributed by atoms with Crippen molar-refractivity contribution in [3.8, 4) is 0 Å². The summed E-state index contributed by atoms with van der Waals surface area (Å²) in [5, 5.41) is 0. The molecule has 0 nitrogen and oxygen atoms in total. The Bertz CT molecular complexity index is 251. The Morgan fingerprint density at radius 2 is 2.00 bits per heavy atom. The second-order valence-corrected chi connectivity index (χ2v) is 6.98. The minimum absolute atomic E-state index is 0.861. The lowest BCUT2D eigenvalue weighted by atomic mass is 9.43. The standard InChI is InChI=1S/C16H28/c1-3-4-5-6-7-15-14-10-13-8-9-16(15,11-14)12(13)2/h12-15H,3-11H2,1-2H3. The summed E-state index contributed by atoms with van der Waals surface area (Å²) in [6, 6.07) is 0. The maximum atomic E-state index is 2.58. The first-order valence-electron chi connectivity index (χ1n) is 7.78. The van der Waals surface area contributed by atoms with Gasteiger partial charge in [-0.15, -0.1) is 0 Å². The van der Waals surface area contributed by atoms with Gasteiger partial charge in [0, 0.05) is 0 Å². The first-order valence-corrected chi connectivity index (χ1v) is 7.78. The van der Waals surface area contributed by atoms with E-state index in [0.717, 1.165) is 29.1 Å². The molecule has 4 rings (SSSR count). The van der Waals surface area contributed by atoms with Crippen molar-refractivity contribution in [2.75, 3.05) is 0 Å². The second-order valence-electron chi connectivity index (χ2n) is 6.98. The molecule has 1 spiro atoms. The van der Waals surface area contributed by atoms with Crippen molar-refractivity contribution in [2.45, 2.75) is 71.6 Å². The summed E-state index contributed by atoms with van der Waals surface area (Å²) in [5.74, 6) is 4.52. The van der Waals surface area contributed by atoms with E-state index in [4.69, 9.17) is 0 Å². The van der Waals surface area contributed by atoms with Gasteiger partial charge in [0.25, 0.3) is 0 Å². The minimum Gasteiger partial charge on any atom is -0.0654 e. The molecule has 0 saturated heterocycles. The van der Waals surface area contributed by atoms with Gasteiger partial charge in [-0.3, -0.25) is 0 Å². The summed E-state index contributed by atoms with van der Waals surface area (Å²) in [6.45, 7) is 4.90. The molecule has 0 radical (unpaired) electrons. The van der Waals surface area contributed by atoms with Crippen LogP contribution in [0.4, 0.5) is 0 Å². The van der Waals surface area contributed by atoms with Crippen LogP contribution in [0, 0.1) is 29.1 Å². The van der Waals surface area contributed by atoms with Crippen molar-refractivity contribution in [1.82, 2.24) is 0 Å². The fraction of sp³-hybridized carbons (Fsp3) is 1.00. The van der Waals surface area contributed by atoms with Gasteiger partial charge in [0.15, 0.2) is 0 Å². The van der Waals surface area contributed by atoms with Crippen LogP contribution in [0.3, 0.4) is 0 Å². The van der Waals surface area contributed by atoms with Gasteiger partial charge < -0.3 is 0 Å². The van der Waals surface area contributed by atoms with E-state index in [1.807, 2.05) is 0 Å². The fourth-order valence-corrected chi connectivity index (χ4v) is 5.58. The lowest BCUT2D eigenvalue weighted by molar-refractivity contribution is -0.126. The first kappa shape index (κ1) is 11.1. The van der Waals surface area contributed by atoms with Gasteiger partial charge >= 0.3 is 0 Å². The van der Waals surface area contributed by atoms with Gasteiger partial charge in [-0.2, -0.15) is 0 Å². The zero-order valence-electron chi connectivity index (χ0n) is 11.2. The number of rotatable bonds is 5. The van der Waals surface area contributed by atoms with Gasteiger partial charge in [0.2, 0.25) is 0 Å². The molecule has 4 aliphatic carbocycles. The van der Waals surface area contributed by atoms with Gasteiger partial charge in [-0.05, 0) is 61.2 Å². The topological polar surface area (TPSA) is 0 Å². The normalized spacial score (nSPS) is 49.1. The fourth-order valence-electron chi connectivity index (χ4n) is 5.58. The Kier molecular flexibility index (Phi) is 2.80. The van der Waals surface area contributed by atoms with E-state index in [-0.39, 0.29) is 0 Å². The molecule has 4 aliphatic rings. The van der Waals surface area contributed by atoms with Crippen LogP contribution >= 0.6 is 0 Å². The maximum Gasteiger partial charge on any atom is -0.0235 e. The Balaban J connectivity index is 1.57. The van der Waals surface area contributed by atoms with Crippen molar-refractivity contribution in [2.24, 2.45) is 29.1 Å². The molecule has 0 aromatic heterocycles. The first-order chi connectivity index (χ1) is 7.78. The van der Waals surface area contributed by atoms with Crippen LogP contribution in [0.2, 0.25) is 0 Å². The predicted molar refractivity (Wildman–Crippen MR) is 69.3 cm³/mol. The molecule has 3 bridgehead atoms. The molecule has 4 saturated carbocycles. The molecule has 0 N–H and O–H groups in total.